The highest BCUT2D eigenvalue weighted by Crippen LogP contribution is 2.19. The fraction of sp³-hybridized carbons (Fsp3) is 0.533. The molecule has 5 heteroatoms. The van der Waals surface area contributed by atoms with Crippen molar-refractivity contribution >= 4 is 11.3 Å². The number of imidazole rings is 1. The Morgan fingerprint density at radius 1 is 1.40 bits per heavy atom. The van der Waals surface area contributed by atoms with Crippen molar-refractivity contribution < 1.29 is 0 Å². The van der Waals surface area contributed by atoms with E-state index in [0.717, 1.165) is 32.7 Å². The maximum absolute atomic E-state index is 4.52. The quantitative estimate of drug-likeness (QED) is 0.862. The highest BCUT2D eigenvalue weighted by atomic mass is 32.1. The van der Waals surface area contributed by atoms with Crippen LogP contribution >= 0.6 is 11.3 Å². The van der Waals surface area contributed by atoms with E-state index in [2.05, 4.69) is 56.5 Å². The van der Waals surface area contributed by atoms with Gasteiger partial charge in [0.15, 0.2) is 0 Å². The molecule has 1 aliphatic heterocycles. The summed E-state index contributed by atoms with van der Waals surface area (Å²) in [5, 5.41) is 4.41. The van der Waals surface area contributed by atoms with E-state index in [-0.39, 0.29) is 0 Å². The summed E-state index contributed by atoms with van der Waals surface area (Å²) >= 11 is 1.78. The van der Waals surface area contributed by atoms with Crippen molar-refractivity contribution in [1.82, 2.24) is 19.4 Å². The number of rotatable bonds is 4. The molecule has 0 spiro atoms. The zero-order valence-corrected chi connectivity index (χ0v) is 13.0. The van der Waals surface area contributed by atoms with Crippen molar-refractivity contribution in [2.24, 2.45) is 5.92 Å². The number of thiophene rings is 1. The van der Waals surface area contributed by atoms with Crippen LogP contribution in [0.4, 0.5) is 0 Å². The molecule has 2 aromatic rings. The molecule has 0 amide bonds. The van der Waals surface area contributed by atoms with Gasteiger partial charge < -0.3 is 9.47 Å². The van der Waals surface area contributed by atoms with Gasteiger partial charge in [0.05, 0.1) is 6.54 Å². The molecule has 4 nitrogen and oxygen atoms in total. The monoisotopic (exact) mass is 290 g/mol. The summed E-state index contributed by atoms with van der Waals surface area (Å²) in [6.45, 7) is 5.32. The van der Waals surface area contributed by atoms with Crippen LogP contribution in [0.1, 0.15) is 11.4 Å². The first-order valence-corrected chi connectivity index (χ1v) is 8.03. The van der Waals surface area contributed by atoms with Gasteiger partial charge in [0.25, 0.3) is 0 Å². The molecule has 0 saturated carbocycles. The van der Waals surface area contributed by atoms with Crippen LogP contribution in [0, 0.1) is 5.92 Å². The third kappa shape index (κ3) is 3.29. The lowest BCUT2D eigenvalue weighted by Crippen LogP contribution is -2.33. The normalized spacial score (nSPS) is 20.1. The molecule has 108 valence electrons. The minimum absolute atomic E-state index is 0.652. The van der Waals surface area contributed by atoms with Gasteiger partial charge >= 0.3 is 0 Å². The van der Waals surface area contributed by atoms with Crippen molar-refractivity contribution in [3.8, 4) is 0 Å². The highest BCUT2D eigenvalue weighted by Gasteiger charge is 2.22. The first-order chi connectivity index (χ1) is 9.70. The SMILES string of the molecule is CN(C)C[C@@H]1CN(Cc2ccsc2)Cc2nccn2C1. The van der Waals surface area contributed by atoms with Gasteiger partial charge in [0, 0.05) is 44.5 Å². The van der Waals surface area contributed by atoms with Gasteiger partial charge in [0.1, 0.15) is 5.82 Å². The van der Waals surface area contributed by atoms with E-state index in [9.17, 15) is 0 Å². The number of fused-ring (bicyclic) bond motifs is 1. The number of nitrogens with zero attached hydrogens (tertiary/aromatic N) is 4. The molecule has 0 aromatic carbocycles. The Bertz CT molecular complexity index is 532. The first-order valence-electron chi connectivity index (χ1n) is 7.09. The van der Waals surface area contributed by atoms with E-state index in [1.54, 1.807) is 11.3 Å². The Morgan fingerprint density at radius 2 is 2.30 bits per heavy atom. The average molecular weight is 290 g/mol. The first kappa shape index (κ1) is 13.8. The van der Waals surface area contributed by atoms with Crippen LogP contribution in [-0.4, -0.2) is 46.5 Å². The fourth-order valence-electron chi connectivity index (χ4n) is 3.02. The van der Waals surface area contributed by atoms with Crippen LogP contribution in [0.3, 0.4) is 0 Å². The standard InChI is InChI=1S/C15H22N4S/c1-17(2)7-14-9-18(8-13-3-6-20-12-13)11-15-16-4-5-19(15)10-14/h3-6,12,14H,7-11H2,1-2H3/t14-/m1/s1. The van der Waals surface area contributed by atoms with Gasteiger partial charge in [-0.05, 0) is 36.5 Å². The zero-order chi connectivity index (χ0) is 13.9. The molecular formula is C15H22N4S. The van der Waals surface area contributed by atoms with Gasteiger partial charge in [-0.2, -0.15) is 11.3 Å². The molecule has 20 heavy (non-hydrogen) atoms. The van der Waals surface area contributed by atoms with Gasteiger partial charge in [-0.25, -0.2) is 4.98 Å². The van der Waals surface area contributed by atoms with E-state index in [4.69, 9.17) is 0 Å². The second kappa shape index (κ2) is 6.08. The highest BCUT2D eigenvalue weighted by molar-refractivity contribution is 7.07. The summed E-state index contributed by atoms with van der Waals surface area (Å²) in [7, 11) is 4.31. The summed E-state index contributed by atoms with van der Waals surface area (Å²) < 4.78 is 2.32. The molecular weight excluding hydrogens is 268 g/mol. The number of aromatic nitrogens is 2. The molecule has 3 heterocycles. The van der Waals surface area contributed by atoms with Crippen LogP contribution in [-0.2, 0) is 19.6 Å². The van der Waals surface area contributed by atoms with E-state index in [0.29, 0.717) is 5.92 Å². The third-order valence-electron chi connectivity index (χ3n) is 3.75. The van der Waals surface area contributed by atoms with E-state index in [1.165, 1.54) is 11.4 Å². The zero-order valence-electron chi connectivity index (χ0n) is 12.2. The van der Waals surface area contributed by atoms with Gasteiger partial charge in [0.2, 0.25) is 0 Å². The Kier molecular flexibility index (Phi) is 4.19. The van der Waals surface area contributed by atoms with Crippen LogP contribution in [0.25, 0.3) is 0 Å². The van der Waals surface area contributed by atoms with Crippen molar-refractivity contribution in [3.63, 3.8) is 0 Å². The minimum atomic E-state index is 0.652. The molecule has 1 atom stereocenters. The predicted octanol–water partition coefficient (Wildman–Crippen LogP) is 2.14. The second-order valence-electron chi connectivity index (χ2n) is 5.93. The Hall–Kier alpha value is -1.17. The summed E-state index contributed by atoms with van der Waals surface area (Å²) in [6.07, 6.45) is 4.04. The molecule has 0 bridgehead atoms. The molecule has 0 radical (unpaired) electrons. The molecule has 0 saturated heterocycles. The molecule has 0 N–H and O–H groups in total. The lowest BCUT2D eigenvalue weighted by atomic mass is 10.1. The Morgan fingerprint density at radius 3 is 3.05 bits per heavy atom. The van der Waals surface area contributed by atoms with E-state index >= 15 is 0 Å². The predicted molar refractivity (Wildman–Crippen MR) is 82.7 cm³/mol. The van der Waals surface area contributed by atoms with E-state index < -0.39 is 0 Å². The molecule has 1 aliphatic rings. The van der Waals surface area contributed by atoms with Crippen LogP contribution < -0.4 is 0 Å². The van der Waals surface area contributed by atoms with Crippen molar-refractivity contribution in [1.29, 1.82) is 0 Å². The molecule has 0 aliphatic carbocycles. The summed E-state index contributed by atoms with van der Waals surface area (Å²) in [5.41, 5.74) is 1.42. The average Bonchev–Trinajstić information content (AvgIpc) is 2.99. The largest absolute Gasteiger partial charge is 0.333 e. The Balaban J connectivity index is 1.76. The smallest absolute Gasteiger partial charge is 0.122 e. The summed E-state index contributed by atoms with van der Waals surface area (Å²) in [4.78, 5) is 9.34. The lowest BCUT2D eigenvalue weighted by Gasteiger charge is -2.25. The summed E-state index contributed by atoms with van der Waals surface area (Å²) in [6, 6.07) is 2.23. The second-order valence-corrected chi connectivity index (χ2v) is 6.71. The van der Waals surface area contributed by atoms with Crippen molar-refractivity contribution in [2.45, 2.75) is 19.6 Å². The van der Waals surface area contributed by atoms with E-state index in [1.807, 2.05) is 6.20 Å². The minimum Gasteiger partial charge on any atom is -0.333 e. The molecule has 0 fully saturated rings. The number of hydrogen-bond acceptors (Lipinski definition) is 4. The number of hydrogen-bond donors (Lipinski definition) is 0. The van der Waals surface area contributed by atoms with Gasteiger partial charge in [-0.15, -0.1) is 0 Å². The maximum Gasteiger partial charge on any atom is 0.122 e. The van der Waals surface area contributed by atoms with Gasteiger partial charge in [-0.1, -0.05) is 0 Å². The van der Waals surface area contributed by atoms with Crippen molar-refractivity contribution in [2.75, 3.05) is 27.2 Å². The van der Waals surface area contributed by atoms with Crippen molar-refractivity contribution in [3.05, 3.63) is 40.6 Å². The Labute approximate surface area is 124 Å². The van der Waals surface area contributed by atoms with Crippen LogP contribution in [0.15, 0.2) is 29.2 Å². The molecule has 3 rings (SSSR count). The third-order valence-corrected chi connectivity index (χ3v) is 4.48. The van der Waals surface area contributed by atoms with Gasteiger partial charge in [-0.3, -0.25) is 4.90 Å². The maximum atomic E-state index is 4.52. The lowest BCUT2D eigenvalue weighted by molar-refractivity contribution is 0.194. The fourth-order valence-corrected chi connectivity index (χ4v) is 3.68. The van der Waals surface area contributed by atoms with Crippen LogP contribution in [0.5, 0.6) is 0 Å². The van der Waals surface area contributed by atoms with Crippen LogP contribution in [0.2, 0.25) is 0 Å². The topological polar surface area (TPSA) is 24.3 Å². The molecule has 2 aromatic heterocycles. The summed E-state index contributed by atoms with van der Waals surface area (Å²) in [5.74, 6) is 1.85. The molecule has 0 unspecified atom stereocenters.